The summed E-state index contributed by atoms with van der Waals surface area (Å²) in [6.45, 7) is 3.65. The van der Waals surface area contributed by atoms with Crippen molar-refractivity contribution >= 4 is 5.97 Å². The van der Waals surface area contributed by atoms with E-state index in [0.717, 1.165) is 21.4 Å². The van der Waals surface area contributed by atoms with Crippen molar-refractivity contribution in [3.8, 4) is 5.69 Å². The predicted octanol–water partition coefficient (Wildman–Crippen LogP) is 1.34. The van der Waals surface area contributed by atoms with Crippen molar-refractivity contribution in [2.24, 2.45) is 0 Å². The number of carbonyl (C=O) groups is 1. The molecule has 1 aromatic carbocycles. The molecule has 2 rings (SSSR count). The SMILES string of the molecule is Cc1ccc(-n2ccn(CC(=O)O)c2=O)cc1C. The third-order valence-electron chi connectivity index (χ3n) is 2.92. The van der Waals surface area contributed by atoms with Crippen LogP contribution in [0.15, 0.2) is 35.4 Å². The number of benzene rings is 1. The van der Waals surface area contributed by atoms with Crippen molar-refractivity contribution in [2.75, 3.05) is 0 Å². The van der Waals surface area contributed by atoms with Gasteiger partial charge in [0.25, 0.3) is 0 Å². The van der Waals surface area contributed by atoms with Crippen molar-refractivity contribution in [1.29, 1.82) is 0 Å². The van der Waals surface area contributed by atoms with E-state index in [9.17, 15) is 9.59 Å². The minimum Gasteiger partial charge on any atom is -0.480 e. The molecule has 5 heteroatoms. The minimum absolute atomic E-state index is 0.323. The Kier molecular flexibility index (Phi) is 3.06. The van der Waals surface area contributed by atoms with Crippen LogP contribution in [0.25, 0.3) is 5.69 Å². The molecule has 18 heavy (non-hydrogen) atoms. The van der Waals surface area contributed by atoms with Gasteiger partial charge in [0.2, 0.25) is 0 Å². The molecule has 0 unspecified atom stereocenters. The van der Waals surface area contributed by atoms with Crippen LogP contribution in [-0.2, 0) is 11.3 Å². The summed E-state index contributed by atoms with van der Waals surface area (Å²) >= 11 is 0. The molecule has 0 amide bonds. The van der Waals surface area contributed by atoms with Gasteiger partial charge in [0.15, 0.2) is 0 Å². The number of hydrogen-bond donors (Lipinski definition) is 1. The molecule has 0 fully saturated rings. The van der Waals surface area contributed by atoms with Crippen molar-refractivity contribution in [1.82, 2.24) is 9.13 Å². The average Bonchev–Trinajstić information content (AvgIpc) is 2.64. The van der Waals surface area contributed by atoms with Crippen LogP contribution in [0.5, 0.6) is 0 Å². The lowest BCUT2D eigenvalue weighted by atomic mass is 10.1. The lowest BCUT2D eigenvalue weighted by Crippen LogP contribution is -2.25. The average molecular weight is 246 g/mol. The lowest BCUT2D eigenvalue weighted by molar-refractivity contribution is -0.137. The molecule has 5 nitrogen and oxygen atoms in total. The van der Waals surface area contributed by atoms with E-state index < -0.39 is 5.97 Å². The number of carboxylic acids is 1. The fourth-order valence-corrected chi connectivity index (χ4v) is 1.75. The van der Waals surface area contributed by atoms with Crippen LogP contribution < -0.4 is 5.69 Å². The Balaban J connectivity index is 2.45. The monoisotopic (exact) mass is 246 g/mol. The molecule has 1 aromatic heterocycles. The highest BCUT2D eigenvalue weighted by molar-refractivity contribution is 5.66. The number of rotatable bonds is 3. The van der Waals surface area contributed by atoms with Crippen molar-refractivity contribution in [3.63, 3.8) is 0 Å². The van der Waals surface area contributed by atoms with Gasteiger partial charge in [-0.1, -0.05) is 6.07 Å². The lowest BCUT2D eigenvalue weighted by Gasteiger charge is -2.05. The van der Waals surface area contributed by atoms with Gasteiger partial charge in [-0.05, 0) is 37.1 Å². The first-order chi connectivity index (χ1) is 8.49. The molecule has 0 spiro atoms. The van der Waals surface area contributed by atoms with Crippen LogP contribution in [0.2, 0.25) is 0 Å². The molecule has 0 saturated heterocycles. The zero-order chi connectivity index (χ0) is 13.3. The van der Waals surface area contributed by atoms with E-state index in [4.69, 9.17) is 5.11 Å². The van der Waals surface area contributed by atoms with Gasteiger partial charge in [0.05, 0.1) is 5.69 Å². The quantitative estimate of drug-likeness (QED) is 0.888. The largest absolute Gasteiger partial charge is 0.480 e. The molecule has 2 aromatic rings. The van der Waals surface area contributed by atoms with Gasteiger partial charge in [0, 0.05) is 12.4 Å². The summed E-state index contributed by atoms with van der Waals surface area (Å²) < 4.78 is 2.60. The van der Waals surface area contributed by atoms with E-state index in [-0.39, 0.29) is 12.2 Å². The van der Waals surface area contributed by atoms with E-state index in [1.165, 1.54) is 10.8 Å². The van der Waals surface area contributed by atoms with Crippen LogP contribution in [0.4, 0.5) is 0 Å². The van der Waals surface area contributed by atoms with Crippen molar-refractivity contribution in [3.05, 3.63) is 52.2 Å². The Bertz CT molecular complexity index is 652. The molecular weight excluding hydrogens is 232 g/mol. The summed E-state index contributed by atoms with van der Waals surface area (Å²) in [4.78, 5) is 22.6. The first-order valence-corrected chi connectivity index (χ1v) is 5.56. The number of hydrogen-bond acceptors (Lipinski definition) is 2. The van der Waals surface area contributed by atoms with E-state index in [0.29, 0.717) is 0 Å². The Morgan fingerprint density at radius 2 is 1.94 bits per heavy atom. The van der Waals surface area contributed by atoms with Crippen LogP contribution in [0, 0.1) is 13.8 Å². The molecule has 0 radical (unpaired) electrons. The second-order valence-electron chi connectivity index (χ2n) is 4.24. The normalized spacial score (nSPS) is 10.6. The van der Waals surface area contributed by atoms with Crippen LogP contribution in [0.3, 0.4) is 0 Å². The summed E-state index contributed by atoms with van der Waals surface area (Å²) in [6, 6.07) is 5.68. The van der Waals surface area contributed by atoms with Crippen molar-refractivity contribution < 1.29 is 9.90 Å². The van der Waals surface area contributed by atoms with Gasteiger partial charge >= 0.3 is 11.7 Å². The summed E-state index contributed by atoms with van der Waals surface area (Å²) in [6.07, 6.45) is 3.06. The molecule has 1 N–H and O–H groups in total. The topological polar surface area (TPSA) is 64.2 Å². The van der Waals surface area contributed by atoms with Gasteiger partial charge in [-0.2, -0.15) is 0 Å². The van der Waals surface area contributed by atoms with E-state index in [1.54, 1.807) is 6.20 Å². The zero-order valence-electron chi connectivity index (χ0n) is 10.3. The maximum atomic E-state index is 12.0. The summed E-state index contributed by atoms with van der Waals surface area (Å²) in [7, 11) is 0. The Labute approximate surface area is 104 Å². The first-order valence-electron chi connectivity index (χ1n) is 5.56. The molecular formula is C13H14N2O3. The van der Waals surface area contributed by atoms with Gasteiger partial charge in [-0.15, -0.1) is 0 Å². The Morgan fingerprint density at radius 1 is 1.22 bits per heavy atom. The number of aliphatic carboxylic acids is 1. The van der Waals surface area contributed by atoms with Crippen LogP contribution in [-0.4, -0.2) is 20.2 Å². The number of aromatic nitrogens is 2. The number of carboxylic acid groups (broad SMARTS) is 1. The number of imidazole rings is 1. The second-order valence-corrected chi connectivity index (χ2v) is 4.24. The van der Waals surface area contributed by atoms with Crippen LogP contribution >= 0.6 is 0 Å². The summed E-state index contributed by atoms with van der Waals surface area (Å²) in [5, 5.41) is 8.68. The van der Waals surface area contributed by atoms with Crippen molar-refractivity contribution in [2.45, 2.75) is 20.4 Å². The molecule has 94 valence electrons. The van der Waals surface area contributed by atoms with E-state index in [2.05, 4.69) is 0 Å². The zero-order valence-corrected chi connectivity index (χ0v) is 10.3. The highest BCUT2D eigenvalue weighted by Crippen LogP contribution is 2.12. The third-order valence-corrected chi connectivity index (χ3v) is 2.92. The molecule has 0 aliphatic carbocycles. The van der Waals surface area contributed by atoms with E-state index >= 15 is 0 Å². The summed E-state index contributed by atoms with van der Waals surface area (Å²) in [5.74, 6) is -1.03. The molecule has 0 bridgehead atoms. The van der Waals surface area contributed by atoms with Gasteiger partial charge in [0.1, 0.15) is 6.54 Å². The second kappa shape index (κ2) is 4.52. The van der Waals surface area contributed by atoms with E-state index in [1.807, 2.05) is 32.0 Å². The highest BCUT2D eigenvalue weighted by Gasteiger charge is 2.08. The minimum atomic E-state index is -1.03. The smallest absolute Gasteiger partial charge is 0.333 e. The predicted molar refractivity (Wildman–Crippen MR) is 67.1 cm³/mol. The highest BCUT2D eigenvalue weighted by atomic mass is 16.4. The fraction of sp³-hybridized carbons (Fsp3) is 0.231. The number of aryl methyl sites for hydroxylation is 2. The molecule has 0 aliphatic heterocycles. The summed E-state index contributed by atoms with van der Waals surface area (Å²) in [5.41, 5.74) is 2.63. The molecule has 0 saturated carbocycles. The van der Waals surface area contributed by atoms with Gasteiger partial charge < -0.3 is 5.11 Å². The Morgan fingerprint density at radius 3 is 2.56 bits per heavy atom. The molecule has 0 atom stereocenters. The molecule has 0 aliphatic rings. The van der Waals surface area contributed by atoms with Gasteiger partial charge in [-0.3, -0.25) is 13.9 Å². The first kappa shape index (κ1) is 12.2. The molecule has 1 heterocycles. The maximum absolute atomic E-state index is 12.0. The maximum Gasteiger partial charge on any atom is 0.333 e. The van der Waals surface area contributed by atoms with Gasteiger partial charge in [-0.25, -0.2) is 4.79 Å². The third kappa shape index (κ3) is 2.20. The Hall–Kier alpha value is -2.30. The fourth-order valence-electron chi connectivity index (χ4n) is 1.75. The number of nitrogens with zero attached hydrogens (tertiary/aromatic N) is 2. The van der Waals surface area contributed by atoms with Crippen LogP contribution in [0.1, 0.15) is 11.1 Å². The standard InChI is InChI=1S/C13H14N2O3/c1-9-3-4-11(7-10(9)2)15-6-5-14(13(15)18)8-12(16)17/h3-7H,8H2,1-2H3,(H,16,17).